The van der Waals surface area contributed by atoms with Crippen molar-refractivity contribution in [2.75, 3.05) is 0 Å². The van der Waals surface area contributed by atoms with E-state index < -0.39 is 6.04 Å². The Morgan fingerprint density at radius 1 is 1.38 bits per heavy atom. The summed E-state index contributed by atoms with van der Waals surface area (Å²) in [5.41, 5.74) is 5.71. The van der Waals surface area contributed by atoms with Crippen LogP contribution in [-0.4, -0.2) is 12.0 Å². The minimum atomic E-state index is -0.552. The average Bonchev–Trinajstić information content (AvgIpc) is 2.20. The van der Waals surface area contributed by atoms with Crippen molar-refractivity contribution in [2.24, 2.45) is 11.7 Å². The zero-order valence-corrected chi connectivity index (χ0v) is 11.0. The molecule has 0 saturated carbocycles. The number of carbonyl (C=O) groups excluding carboxylic acids is 1. The SMILES string of the molecule is CC(C)CC(N)C(=O)Oc1ccc(Br)cc1. The zero-order valence-electron chi connectivity index (χ0n) is 9.44. The number of halogens is 1. The summed E-state index contributed by atoms with van der Waals surface area (Å²) in [6, 6.07) is 6.53. The van der Waals surface area contributed by atoms with Gasteiger partial charge >= 0.3 is 5.97 Å². The van der Waals surface area contributed by atoms with Gasteiger partial charge in [-0.1, -0.05) is 29.8 Å². The van der Waals surface area contributed by atoms with E-state index in [0.717, 1.165) is 4.47 Å². The van der Waals surface area contributed by atoms with E-state index in [1.807, 2.05) is 26.0 Å². The number of rotatable bonds is 4. The van der Waals surface area contributed by atoms with Crippen molar-refractivity contribution in [3.63, 3.8) is 0 Å². The van der Waals surface area contributed by atoms with Crippen molar-refractivity contribution in [1.82, 2.24) is 0 Å². The highest BCUT2D eigenvalue weighted by Gasteiger charge is 2.17. The molecule has 0 fully saturated rings. The van der Waals surface area contributed by atoms with Crippen molar-refractivity contribution in [2.45, 2.75) is 26.3 Å². The molecule has 0 radical (unpaired) electrons. The van der Waals surface area contributed by atoms with Gasteiger partial charge in [0, 0.05) is 4.47 Å². The Balaban J connectivity index is 2.54. The van der Waals surface area contributed by atoms with Crippen LogP contribution in [-0.2, 0) is 4.79 Å². The van der Waals surface area contributed by atoms with E-state index >= 15 is 0 Å². The first-order chi connectivity index (χ1) is 7.49. The Morgan fingerprint density at radius 2 is 1.94 bits per heavy atom. The van der Waals surface area contributed by atoms with Crippen molar-refractivity contribution in [1.29, 1.82) is 0 Å². The third-order valence-electron chi connectivity index (χ3n) is 2.06. The molecule has 1 atom stereocenters. The van der Waals surface area contributed by atoms with Gasteiger partial charge in [0.1, 0.15) is 11.8 Å². The third-order valence-corrected chi connectivity index (χ3v) is 2.59. The predicted octanol–water partition coefficient (Wildman–Crippen LogP) is 2.73. The predicted molar refractivity (Wildman–Crippen MR) is 67.2 cm³/mol. The number of hydrogen-bond acceptors (Lipinski definition) is 3. The van der Waals surface area contributed by atoms with Gasteiger partial charge in [-0.05, 0) is 36.6 Å². The minimum absolute atomic E-state index is 0.379. The normalized spacial score (nSPS) is 12.6. The van der Waals surface area contributed by atoms with Gasteiger partial charge in [0.05, 0.1) is 0 Å². The summed E-state index contributed by atoms with van der Waals surface area (Å²) < 4.78 is 6.09. The molecule has 4 heteroatoms. The Bertz CT molecular complexity index is 349. The second kappa shape index (κ2) is 6.01. The molecule has 3 nitrogen and oxygen atoms in total. The van der Waals surface area contributed by atoms with Crippen LogP contribution in [0, 0.1) is 5.92 Å². The van der Waals surface area contributed by atoms with Crippen molar-refractivity contribution >= 4 is 21.9 Å². The van der Waals surface area contributed by atoms with Crippen molar-refractivity contribution in [3.05, 3.63) is 28.7 Å². The standard InChI is InChI=1S/C12H16BrNO2/c1-8(2)7-11(14)12(15)16-10-5-3-9(13)4-6-10/h3-6,8,11H,7,14H2,1-2H3. The van der Waals surface area contributed by atoms with Gasteiger partial charge in [0.25, 0.3) is 0 Å². The van der Waals surface area contributed by atoms with Crippen LogP contribution in [0.5, 0.6) is 5.75 Å². The number of carbonyl (C=O) groups is 1. The zero-order chi connectivity index (χ0) is 12.1. The average molecular weight is 286 g/mol. The molecule has 0 aliphatic heterocycles. The number of ether oxygens (including phenoxy) is 1. The lowest BCUT2D eigenvalue weighted by molar-refractivity contribution is -0.136. The summed E-state index contributed by atoms with van der Waals surface area (Å²) in [5.74, 6) is 0.524. The molecule has 1 rings (SSSR count). The highest BCUT2D eigenvalue weighted by Crippen LogP contribution is 2.17. The molecule has 88 valence electrons. The fourth-order valence-electron chi connectivity index (χ4n) is 1.30. The fourth-order valence-corrected chi connectivity index (χ4v) is 1.56. The van der Waals surface area contributed by atoms with Gasteiger partial charge in [0.2, 0.25) is 0 Å². The Labute approximate surface area is 104 Å². The molecule has 0 heterocycles. The van der Waals surface area contributed by atoms with Gasteiger partial charge in [-0.25, -0.2) is 4.79 Å². The molecule has 1 unspecified atom stereocenters. The largest absolute Gasteiger partial charge is 0.425 e. The molecule has 0 spiro atoms. The molecule has 0 amide bonds. The number of esters is 1. The lowest BCUT2D eigenvalue weighted by atomic mass is 10.1. The Hall–Kier alpha value is -0.870. The summed E-state index contributed by atoms with van der Waals surface area (Å²) in [6.45, 7) is 4.04. The molecule has 0 aliphatic rings. The molecule has 0 saturated heterocycles. The molecule has 1 aromatic rings. The highest BCUT2D eigenvalue weighted by molar-refractivity contribution is 9.10. The molecule has 0 aliphatic carbocycles. The quantitative estimate of drug-likeness (QED) is 0.684. The van der Waals surface area contributed by atoms with Crippen LogP contribution in [0.25, 0.3) is 0 Å². The maximum atomic E-state index is 11.6. The molecule has 0 aromatic heterocycles. The van der Waals surface area contributed by atoms with E-state index in [1.54, 1.807) is 12.1 Å². The van der Waals surface area contributed by atoms with Crippen molar-refractivity contribution < 1.29 is 9.53 Å². The Morgan fingerprint density at radius 3 is 2.44 bits per heavy atom. The lowest BCUT2D eigenvalue weighted by Crippen LogP contribution is -2.35. The monoisotopic (exact) mass is 285 g/mol. The van der Waals surface area contributed by atoms with Crippen LogP contribution in [0.3, 0.4) is 0 Å². The van der Waals surface area contributed by atoms with E-state index in [-0.39, 0.29) is 5.97 Å². The van der Waals surface area contributed by atoms with E-state index in [4.69, 9.17) is 10.5 Å². The van der Waals surface area contributed by atoms with Crippen LogP contribution >= 0.6 is 15.9 Å². The van der Waals surface area contributed by atoms with E-state index in [9.17, 15) is 4.79 Å². The summed E-state index contributed by atoms with van der Waals surface area (Å²) in [5, 5.41) is 0. The minimum Gasteiger partial charge on any atom is -0.425 e. The molecule has 16 heavy (non-hydrogen) atoms. The number of benzene rings is 1. The first kappa shape index (κ1) is 13.2. The summed E-state index contributed by atoms with van der Waals surface area (Å²) >= 11 is 3.31. The maximum Gasteiger partial charge on any atom is 0.328 e. The van der Waals surface area contributed by atoms with Gasteiger partial charge in [-0.3, -0.25) is 0 Å². The summed E-state index contributed by atoms with van der Waals surface area (Å²) in [6.07, 6.45) is 0.634. The Kier molecular flexibility index (Phi) is 4.96. The van der Waals surface area contributed by atoms with Crippen LogP contribution in [0.15, 0.2) is 28.7 Å². The molecule has 2 N–H and O–H groups in total. The topological polar surface area (TPSA) is 52.3 Å². The van der Waals surface area contributed by atoms with Crippen LogP contribution in [0.1, 0.15) is 20.3 Å². The number of nitrogens with two attached hydrogens (primary N) is 1. The second-order valence-electron chi connectivity index (χ2n) is 4.11. The smallest absolute Gasteiger partial charge is 0.328 e. The third kappa shape index (κ3) is 4.33. The maximum absolute atomic E-state index is 11.6. The van der Waals surface area contributed by atoms with Crippen LogP contribution < -0.4 is 10.5 Å². The highest BCUT2D eigenvalue weighted by atomic mass is 79.9. The summed E-state index contributed by atoms with van der Waals surface area (Å²) in [7, 11) is 0. The van der Waals surface area contributed by atoms with Gasteiger partial charge in [0.15, 0.2) is 0 Å². The molecular formula is C12H16BrNO2. The number of hydrogen-bond donors (Lipinski definition) is 1. The van der Waals surface area contributed by atoms with E-state index in [0.29, 0.717) is 18.1 Å². The first-order valence-electron chi connectivity index (χ1n) is 5.22. The summed E-state index contributed by atoms with van der Waals surface area (Å²) in [4.78, 5) is 11.6. The van der Waals surface area contributed by atoms with Crippen LogP contribution in [0.4, 0.5) is 0 Å². The fraction of sp³-hybridized carbons (Fsp3) is 0.417. The van der Waals surface area contributed by atoms with Gasteiger partial charge in [-0.2, -0.15) is 0 Å². The van der Waals surface area contributed by atoms with Gasteiger partial charge < -0.3 is 10.5 Å². The van der Waals surface area contributed by atoms with E-state index in [2.05, 4.69) is 15.9 Å². The van der Waals surface area contributed by atoms with Crippen LogP contribution in [0.2, 0.25) is 0 Å². The molecule has 0 bridgehead atoms. The lowest BCUT2D eigenvalue weighted by Gasteiger charge is -2.13. The van der Waals surface area contributed by atoms with Crippen molar-refractivity contribution in [3.8, 4) is 5.75 Å². The molecule has 1 aromatic carbocycles. The second-order valence-corrected chi connectivity index (χ2v) is 5.03. The first-order valence-corrected chi connectivity index (χ1v) is 6.01. The van der Waals surface area contributed by atoms with E-state index in [1.165, 1.54) is 0 Å². The molecular weight excluding hydrogens is 270 g/mol. The van der Waals surface area contributed by atoms with Gasteiger partial charge in [-0.15, -0.1) is 0 Å².